The standard InChI is InChI=1S/C36H44N2/c1-4-5-28(6-8-29-10-14-31(15-11-29)24-33-18-20-35(37)22-26(33)2)7-9-30-12-16-32(17-13-30)25-34-19-21-36(38)23-27(34)3/h10-23,28H,4-9,24-25,37-38H2,1-3H3. The van der Waals surface area contributed by atoms with E-state index in [-0.39, 0.29) is 0 Å². The van der Waals surface area contributed by atoms with Crippen LogP contribution in [0.5, 0.6) is 0 Å². The second-order valence-electron chi connectivity index (χ2n) is 11.1. The molecule has 0 saturated heterocycles. The zero-order valence-corrected chi connectivity index (χ0v) is 23.5. The molecule has 0 atom stereocenters. The maximum absolute atomic E-state index is 5.91. The number of nitrogens with two attached hydrogens (primary N) is 2. The quantitative estimate of drug-likeness (QED) is 0.190. The lowest BCUT2D eigenvalue weighted by Gasteiger charge is -2.17. The Morgan fingerprint density at radius 3 is 1.29 bits per heavy atom. The van der Waals surface area contributed by atoms with Gasteiger partial charge in [-0.15, -0.1) is 0 Å². The van der Waals surface area contributed by atoms with Crippen molar-refractivity contribution >= 4 is 11.4 Å². The van der Waals surface area contributed by atoms with Gasteiger partial charge in [0.2, 0.25) is 0 Å². The molecular formula is C36H44N2. The molecule has 0 unspecified atom stereocenters. The molecule has 4 aromatic rings. The average Bonchev–Trinajstić information content (AvgIpc) is 2.90. The molecule has 4 rings (SSSR count). The largest absolute Gasteiger partial charge is 0.399 e. The first kappa shape index (κ1) is 27.5. The summed E-state index contributed by atoms with van der Waals surface area (Å²) in [5, 5.41) is 0. The summed E-state index contributed by atoms with van der Waals surface area (Å²) >= 11 is 0. The van der Waals surface area contributed by atoms with Gasteiger partial charge >= 0.3 is 0 Å². The van der Waals surface area contributed by atoms with Gasteiger partial charge in [0.25, 0.3) is 0 Å². The molecule has 0 aromatic heterocycles. The van der Waals surface area contributed by atoms with Crippen LogP contribution in [0.3, 0.4) is 0 Å². The molecule has 4 aromatic carbocycles. The highest BCUT2D eigenvalue weighted by atomic mass is 14.5. The van der Waals surface area contributed by atoms with Gasteiger partial charge in [-0.25, -0.2) is 0 Å². The van der Waals surface area contributed by atoms with Gasteiger partial charge in [-0.1, -0.05) is 80.4 Å². The first-order valence-corrected chi connectivity index (χ1v) is 14.2. The van der Waals surface area contributed by atoms with E-state index >= 15 is 0 Å². The SMILES string of the molecule is CCCC(CCc1ccc(Cc2ccc(N)cc2C)cc1)CCc1ccc(Cc2ccc(N)cc2C)cc1. The third-order valence-corrected chi connectivity index (χ3v) is 7.95. The Bertz CT molecular complexity index is 1200. The molecule has 4 N–H and O–H groups in total. The summed E-state index contributed by atoms with van der Waals surface area (Å²) in [6.45, 7) is 6.60. The van der Waals surface area contributed by atoms with Crippen molar-refractivity contribution in [2.45, 2.75) is 72.1 Å². The highest BCUT2D eigenvalue weighted by Crippen LogP contribution is 2.23. The van der Waals surface area contributed by atoms with Gasteiger partial charge in [0, 0.05) is 11.4 Å². The lowest BCUT2D eigenvalue weighted by molar-refractivity contribution is 0.416. The van der Waals surface area contributed by atoms with Gasteiger partial charge in [0.05, 0.1) is 0 Å². The maximum atomic E-state index is 5.91. The van der Waals surface area contributed by atoms with Crippen LogP contribution in [0, 0.1) is 19.8 Å². The van der Waals surface area contributed by atoms with Crippen LogP contribution in [0.2, 0.25) is 0 Å². The number of hydrogen-bond donors (Lipinski definition) is 2. The van der Waals surface area contributed by atoms with Crippen molar-refractivity contribution in [3.8, 4) is 0 Å². The van der Waals surface area contributed by atoms with Gasteiger partial charge in [-0.3, -0.25) is 0 Å². The van der Waals surface area contributed by atoms with Crippen LogP contribution in [0.4, 0.5) is 11.4 Å². The Hall–Kier alpha value is -3.52. The van der Waals surface area contributed by atoms with Crippen molar-refractivity contribution in [3.63, 3.8) is 0 Å². The van der Waals surface area contributed by atoms with E-state index in [1.54, 1.807) is 0 Å². The summed E-state index contributed by atoms with van der Waals surface area (Å²) in [4.78, 5) is 0. The van der Waals surface area contributed by atoms with Gasteiger partial charge in [-0.05, 0) is 127 Å². The second-order valence-corrected chi connectivity index (χ2v) is 11.1. The first-order valence-electron chi connectivity index (χ1n) is 14.2. The lowest BCUT2D eigenvalue weighted by atomic mass is 9.89. The van der Waals surface area contributed by atoms with E-state index in [9.17, 15) is 0 Å². The molecule has 0 fully saturated rings. The number of nitrogen functional groups attached to an aromatic ring is 2. The minimum absolute atomic E-state index is 0.772. The topological polar surface area (TPSA) is 52.0 Å². The molecule has 0 aliphatic heterocycles. The van der Waals surface area contributed by atoms with Crippen molar-refractivity contribution in [2.75, 3.05) is 11.5 Å². The molecule has 0 bridgehead atoms. The minimum Gasteiger partial charge on any atom is -0.399 e. The summed E-state index contributed by atoms with van der Waals surface area (Å²) in [7, 11) is 0. The van der Waals surface area contributed by atoms with E-state index in [1.165, 1.54) is 70.2 Å². The van der Waals surface area contributed by atoms with E-state index in [0.717, 1.165) is 43.0 Å². The summed E-state index contributed by atoms with van der Waals surface area (Å²) < 4.78 is 0. The normalized spacial score (nSPS) is 11.3. The van der Waals surface area contributed by atoms with Gasteiger partial charge < -0.3 is 11.5 Å². The molecule has 0 aliphatic carbocycles. The van der Waals surface area contributed by atoms with E-state index < -0.39 is 0 Å². The van der Waals surface area contributed by atoms with Crippen LogP contribution >= 0.6 is 0 Å². The Morgan fingerprint density at radius 1 is 0.526 bits per heavy atom. The number of aryl methyl sites for hydroxylation is 4. The predicted molar refractivity (Wildman–Crippen MR) is 165 cm³/mol. The maximum Gasteiger partial charge on any atom is 0.0316 e. The molecule has 2 nitrogen and oxygen atoms in total. The fraction of sp³-hybridized carbons (Fsp3) is 0.333. The monoisotopic (exact) mass is 504 g/mol. The summed E-state index contributed by atoms with van der Waals surface area (Å²) in [5.74, 6) is 0.772. The van der Waals surface area contributed by atoms with Crippen molar-refractivity contribution in [3.05, 3.63) is 129 Å². The zero-order valence-electron chi connectivity index (χ0n) is 23.5. The van der Waals surface area contributed by atoms with Gasteiger partial charge in [0.1, 0.15) is 0 Å². The van der Waals surface area contributed by atoms with Crippen LogP contribution in [-0.4, -0.2) is 0 Å². The smallest absolute Gasteiger partial charge is 0.0316 e. The Labute approximate surface area is 230 Å². The van der Waals surface area contributed by atoms with Crippen molar-refractivity contribution in [2.24, 2.45) is 5.92 Å². The lowest BCUT2D eigenvalue weighted by Crippen LogP contribution is -2.05. The fourth-order valence-electron chi connectivity index (χ4n) is 5.51. The van der Waals surface area contributed by atoms with Crippen molar-refractivity contribution in [1.82, 2.24) is 0 Å². The fourth-order valence-corrected chi connectivity index (χ4v) is 5.51. The summed E-state index contributed by atoms with van der Waals surface area (Å²) in [5.41, 5.74) is 24.4. The number of hydrogen-bond acceptors (Lipinski definition) is 2. The molecule has 198 valence electrons. The Kier molecular flexibility index (Phi) is 9.65. The summed E-state index contributed by atoms with van der Waals surface area (Å²) in [6, 6.07) is 30.9. The number of rotatable bonds is 12. The molecule has 0 spiro atoms. The highest BCUT2D eigenvalue weighted by Gasteiger charge is 2.10. The molecule has 0 aliphatic rings. The molecule has 0 saturated carbocycles. The molecule has 38 heavy (non-hydrogen) atoms. The van der Waals surface area contributed by atoms with Crippen molar-refractivity contribution < 1.29 is 0 Å². The number of benzene rings is 4. The predicted octanol–water partition coefficient (Wildman–Crippen LogP) is 8.63. The molecule has 0 heterocycles. The number of anilines is 2. The average molecular weight is 505 g/mol. The Balaban J connectivity index is 1.27. The third-order valence-electron chi connectivity index (χ3n) is 7.95. The van der Waals surface area contributed by atoms with Crippen molar-refractivity contribution in [1.29, 1.82) is 0 Å². The van der Waals surface area contributed by atoms with Crippen LogP contribution in [0.15, 0.2) is 84.9 Å². The second kappa shape index (κ2) is 13.3. The molecule has 0 radical (unpaired) electrons. The van der Waals surface area contributed by atoms with Crippen LogP contribution in [-0.2, 0) is 25.7 Å². The zero-order chi connectivity index (χ0) is 26.9. The van der Waals surface area contributed by atoms with Crippen LogP contribution < -0.4 is 11.5 Å². The van der Waals surface area contributed by atoms with E-state index in [4.69, 9.17) is 11.5 Å². The van der Waals surface area contributed by atoms with Gasteiger partial charge in [-0.2, -0.15) is 0 Å². The molecule has 2 heteroatoms. The van der Waals surface area contributed by atoms with Crippen LogP contribution in [0.25, 0.3) is 0 Å². The van der Waals surface area contributed by atoms with E-state index in [0.29, 0.717) is 0 Å². The molecular weight excluding hydrogens is 460 g/mol. The van der Waals surface area contributed by atoms with E-state index in [1.807, 2.05) is 12.1 Å². The minimum atomic E-state index is 0.772. The molecule has 0 amide bonds. The van der Waals surface area contributed by atoms with Crippen LogP contribution in [0.1, 0.15) is 77.1 Å². The highest BCUT2D eigenvalue weighted by molar-refractivity contribution is 5.46. The van der Waals surface area contributed by atoms with Gasteiger partial charge in [0.15, 0.2) is 0 Å². The third kappa shape index (κ3) is 7.99. The summed E-state index contributed by atoms with van der Waals surface area (Å²) in [6.07, 6.45) is 9.33. The Morgan fingerprint density at radius 2 is 0.921 bits per heavy atom. The van der Waals surface area contributed by atoms with E-state index in [2.05, 4.69) is 93.6 Å². The first-order chi connectivity index (χ1) is 18.4.